The summed E-state index contributed by atoms with van der Waals surface area (Å²) in [5.41, 5.74) is 6.12. The Morgan fingerprint density at radius 2 is 1.91 bits per heavy atom. The minimum absolute atomic E-state index is 1.09. The molecule has 110 valence electrons. The van der Waals surface area contributed by atoms with Gasteiger partial charge in [0.2, 0.25) is 0 Å². The van der Waals surface area contributed by atoms with Crippen molar-refractivity contribution in [2.45, 2.75) is 13.8 Å². The zero-order valence-electron chi connectivity index (χ0n) is 13.2. The largest absolute Gasteiger partial charge is 0.289 e. The smallest absolute Gasteiger partial charge is 0.241 e. The van der Waals surface area contributed by atoms with E-state index in [1.165, 1.54) is 32.7 Å². The highest BCUT2D eigenvalue weighted by Crippen LogP contribution is 2.31. The Kier molecular flexibility index (Phi) is 2.84. The fourth-order valence-electron chi connectivity index (χ4n) is 3.28. The predicted molar refractivity (Wildman–Crippen MR) is 92.2 cm³/mol. The van der Waals surface area contributed by atoms with E-state index in [0.717, 1.165) is 10.5 Å². The zero-order chi connectivity index (χ0) is 15.4. The van der Waals surface area contributed by atoms with Crippen molar-refractivity contribution in [2.75, 3.05) is 0 Å². The molecular formula is C18H18N3S+. The van der Waals surface area contributed by atoms with Crippen molar-refractivity contribution in [1.82, 2.24) is 9.55 Å². The highest BCUT2D eigenvalue weighted by molar-refractivity contribution is 7.18. The first-order valence-corrected chi connectivity index (χ1v) is 8.19. The molecule has 4 aromatic rings. The number of fused-ring (bicyclic) bond motifs is 2. The molecule has 2 heterocycles. The maximum atomic E-state index is 4.65. The lowest BCUT2D eigenvalue weighted by molar-refractivity contribution is -0.634. The van der Waals surface area contributed by atoms with Crippen LogP contribution in [0.4, 0.5) is 0 Å². The molecule has 4 rings (SSSR count). The van der Waals surface area contributed by atoms with E-state index in [-0.39, 0.29) is 0 Å². The van der Waals surface area contributed by atoms with Crippen LogP contribution in [0.3, 0.4) is 0 Å². The lowest BCUT2D eigenvalue weighted by Gasteiger charge is -2.03. The monoisotopic (exact) mass is 308 g/mol. The summed E-state index contributed by atoms with van der Waals surface area (Å²) in [6, 6.07) is 13.0. The van der Waals surface area contributed by atoms with Crippen LogP contribution in [0.5, 0.6) is 0 Å². The third-order valence-electron chi connectivity index (χ3n) is 4.32. The van der Waals surface area contributed by atoms with Crippen LogP contribution >= 0.6 is 11.3 Å². The number of benzene rings is 2. The Bertz CT molecular complexity index is 985. The van der Waals surface area contributed by atoms with Crippen molar-refractivity contribution in [3.63, 3.8) is 0 Å². The van der Waals surface area contributed by atoms with Gasteiger partial charge in [-0.1, -0.05) is 12.1 Å². The molecule has 0 aliphatic carbocycles. The van der Waals surface area contributed by atoms with Crippen LogP contribution in [0.1, 0.15) is 10.6 Å². The molecule has 2 aromatic carbocycles. The van der Waals surface area contributed by atoms with Crippen molar-refractivity contribution in [3.8, 4) is 11.4 Å². The number of hydrogen-bond donors (Lipinski definition) is 0. The molecule has 0 unspecified atom stereocenters. The Hall–Kier alpha value is -2.20. The average molecular weight is 308 g/mol. The van der Waals surface area contributed by atoms with E-state index in [4.69, 9.17) is 0 Å². The van der Waals surface area contributed by atoms with Gasteiger partial charge in [-0.15, -0.1) is 11.3 Å². The van der Waals surface area contributed by atoms with Crippen molar-refractivity contribution in [2.24, 2.45) is 14.1 Å². The SMILES string of the molecule is Cc1nc2cc(-c3n(C)c4ccccc4[n+]3C)c(C)cc2s1. The highest BCUT2D eigenvalue weighted by atomic mass is 32.1. The second-order valence-electron chi connectivity index (χ2n) is 5.80. The summed E-state index contributed by atoms with van der Waals surface area (Å²) < 4.78 is 5.80. The lowest BCUT2D eigenvalue weighted by atomic mass is 10.1. The lowest BCUT2D eigenvalue weighted by Crippen LogP contribution is -2.30. The van der Waals surface area contributed by atoms with Crippen LogP contribution in [-0.2, 0) is 14.1 Å². The van der Waals surface area contributed by atoms with E-state index in [1.54, 1.807) is 11.3 Å². The van der Waals surface area contributed by atoms with Gasteiger partial charge in [-0.2, -0.15) is 0 Å². The molecule has 0 fully saturated rings. The minimum Gasteiger partial charge on any atom is -0.241 e. The van der Waals surface area contributed by atoms with Crippen LogP contribution in [0, 0.1) is 13.8 Å². The highest BCUT2D eigenvalue weighted by Gasteiger charge is 2.23. The molecule has 0 spiro atoms. The van der Waals surface area contributed by atoms with Gasteiger partial charge < -0.3 is 0 Å². The first kappa shape index (κ1) is 13.5. The van der Waals surface area contributed by atoms with Gasteiger partial charge in [0.15, 0.2) is 11.0 Å². The van der Waals surface area contributed by atoms with Crippen molar-refractivity contribution in [1.29, 1.82) is 0 Å². The van der Waals surface area contributed by atoms with Gasteiger partial charge in [0.1, 0.15) is 0 Å². The maximum absolute atomic E-state index is 4.65. The Morgan fingerprint density at radius 1 is 1.14 bits per heavy atom. The average Bonchev–Trinajstić information content (AvgIpc) is 2.97. The molecule has 4 heteroatoms. The molecule has 2 aromatic heterocycles. The summed E-state index contributed by atoms with van der Waals surface area (Å²) in [7, 11) is 4.27. The standard InChI is InChI=1S/C18H18N3S/c1-11-9-17-14(19-12(2)22-17)10-13(11)18-20(3)15-7-5-6-8-16(15)21(18)4/h5-10H,1-4H3/q+1. The Balaban J connectivity index is 2.08. The van der Waals surface area contributed by atoms with Gasteiger partial charge in [-0.05, 0) is 43.7 Å². The van der Waals surface area contributed by atoms with E-state index in [0.29, 0.717) is 0 Å². The van der Waals surface area contributed by atoms with Gasteiger partial charge >= 0.3 is 0 Å². The topological polar surface area (TPSA) is 21.7 Å². The summed E-state index contributed by atoms with van der Waals surface area (Å²) >= 11 is 1.76. The molecule has 0 saturated carbocycles. The van der Waals surface area contributed by atoms with Gasteiger partial charge in [-0.25, -0.2) is 14.1 Å². The van der Waals surface area contributed by atoms with E-state index < -0.39 is 0 Å². The van der Waals surface area contributed by atoms with Crippen molar-refractivity contribution < 1.29 is 4.57 Å². The van der Waals surface area contributed by atoms with Crippen LogP contribution in [-0.4, -0.2) is 9.55 Å². The summed E-state index contributed by atoms with van der Waals surface area (Å²) in [5, 5.41) is 1.12. The molecule has 0 amide bonds. The predicted octanol–water partition coefficient (Wildman–Crippen LogP) is 3.90. The molecule has 0 atom stereocenters. The van der Waals surface area contributed by atoms with Crippen LogP contribution in [0.2, 0.25) is 0 Å². The molecule has 0 aliphatic rings. The number of imidazole rings is 1. The molecule has 0 aliphatic heterocycles. The number of nitrogens with zero attached hydrogens (tertiary/aromatic N) is 3. The molecule has 0 saturated heterocycles. The fraction of sp³-hybridized carbons (Fsp3) is 0.222. The summed E-state index contributed by atoms with van der Waals surface area (Å²) in [4.78, 5) is 4.65. The quantitative estimate of drug-likeness (QED) is 0.489. The number of rotatable bonds is 1. The molecule has 3 nitrogen and oxygen atoms in total. The second kappa shape index (κ2) is 4.65. The number of aromatic nitrogens is 3. The normalized spacial score (nSPS) is 11.6. The van der Waals surface area contributed by atoms with Crippen molar-refractivity contribution >= 4 is 32.6 Å². The van der Waals surface area contributed by atoms with Gasteiger partial charge in [0, 0.05) is 0 Å². The number of hydrogen-bond acceptors (Lipinski definition) is 2. The zero-order valence-corrected chi connectivity index (χ0v) is 14.0. The first-order chi connectivity index (χ1) is 10.6. The summed E-state index contributed by atoms with van der Waals surface area (Å²) in [5.74, 6) is 1.21. The molecule has 0 bridgehead atoms. The minimum atomic E-state index is 1.09. The summed E-state index contributed by atoms with van der Waals surface area (Å²) in [6.07, 6.45) is 0. The number of para-hydroxylation sites is 2. The second-order valence-corrected chi connectivity index (χ2v) is 7.03. The Morgan fingerprint density at radius 3 is 2.68 bits per heavy atom. The van der Waals surface area contributed by atoms with Crippen LogP contribution in [0.25, 0.3) is 32.6 Å². The third kappa shape index (κ3) is 1.80. The third-order valence-corrected chi connectivity index (χ3v) is 5.26. The van der Waals surface area contributed by atoms with Gasteiger partial charge in [0.05, 0.1) is 34.9 Å². The first-order valence-electron chi connectivity index (χ1n) is 7.38. The van der Waals surface area contributed by atoms with E-state index in [1.807, 2.05) is 0 Å². The molecule has 0 radical (unpaired) electrons. The maximum Gasteiger partial charge on any atom is 0.289 e. The van der Waals surface area contributed by atoms with E-state index in [9.17, 15) is 0 Å². The molecule has 0 N–H and O–H groups in total. The van der Waals surface area contributed by atoms with E-state index >= 15 is 0 Å². The van der Waals surface area contributed by atoms with Gasteiger partial charge in [0.25, 0.3) is 5.82 Å². The van der Waals surface area contributed by atoms with Crippen LogP contribution in [0.15, 0.2) is 36.4 Å². The summed E-state index contributed by atoms with van der Waals surface area (Å²) in [6.45, 7) is 4.25. The van der Waals surface area contributed by atoms with Crippen molar-refractivity contribution in [3.05, 3.63) is 47.0 Å². The molecule has 22 heavy (non-hydrogen) atoms. The van der Waals surface area contributed by atoms with Crippen LogP contribution < -0.4 is 4.57 Å². The Labute approximate surface area is 133 Å². The number of aryl methyl sites for hydroxylation is 4. The van der Waals surface area contributed by atoms with Gasteiger partial charge in [-0.3, -0.25) is 0 Å². The fourth-order valence-corrected chi connectivity index (χ4v) is 4.18. The number of thiazole rings is 1. The molecular weight excluding hydrogens is 290 g/mol. The van der Waals surface area contributed by atoms with E-state index in [2.05, 4.69) is 78.5 Å².